The number of hydrogen-bond acceptors (Lipinski definition) is 5. The molecule has 0 aliphatic carbocycles. The Bertz CT molecular complexity index is 574. The molecule has 0 unspecified atom stereocenters. The summed E-state index contributed by atoms with van der Waals surface area (Å²) < 4.78 is 6.77. The Morgan fingerprint density at radius 1 is 1.32 bits per heavy atom. The molecule has 0 atom stereocenters. The minimum Gasteiger partial charge on any atom is -0.384 e. The van der Waals surface area contributed by atoms with Gasteiger partial charge in [0.25, 0.3) is 0 Å². The van der Waals surface area contributed by atoms with Crippen molar-refractivity contribution in [3.05, 3.63) is 17.8 Å². The Morgan fingerprint density at radius 2 is 2.11 bits per heavy atom. The van der Waals surface area contributed by atoms with Crippen molar-refractivity contribution in [2.45, 2.75) is 19.3 Å². The number of methoxy groups -OCH3 is 1. The maximum absolute atomic E-state index is 6.07. The van der Waals surface area contributed by atoms with E-state index in [1.807, 2.05) is 12.1 Å². The lowest BCUT2D eigenvalue weighted by Crippen LogP contribution is -2.19. The summed E-state index contributed by atoms with van der Waals surface area (Å²) in [6.07, 6.45) is 3.23. The van der Waals surface area contributed by atoms with Gasteiger partial charge in [0.05, 0.1) is 12.3 Å². The second-order valence-corrected chi connectivity index (χ2v) is 4.88. The summed E-state index contributed by atoms with van der Waals surface area (Å²) in [5.74, 6) is 1.59. The van der Waals surface area contributed by atoms with Gasteiger partial charge in [0.2, 0.25) is 0 Å². The summed E-state index contributed by atoms with van der Waals surface area (Å²) >= 11 is 0. The summed E-state index contributed by atoms with van der Waals surface area (Å²) in [6.45, 7) is 2.78. The van der Waals surface area contributed by atoms with Crippen LogP contribution in [0.5, 0.6) is 0 Å². The molecule has 6 nitrogen and oxygen atoms in total. The minimum atomic E-state index is 0.635. The average molecular weight is 261 g/mol. The highest BCUT2D eigenvalue weighted by Gasteiger charge is 2.16. The first-order valence-corrected chi connectivity index (χ1v) is 6.67. The molecule has 1 aliphatic rings. The first-order chi connectivity index (χ1) is 9.28. The van der Waals surface area contributed by atoms with Crippen LogP contribution >= 0.6 is 0 Å². The van der Waals surface area contributed by atoms with E-state index in [0.29, 0.717) is 12.4 Å². The molecule has 0 radical (unpaired) electrons. The van der Waals surface area contributed by atoms with Crippen molar-refractivity contribution in [3.8, 4) is 0 Å². The second kappa shape index (κ2) is 5.05. The van der Waals surface area contributed by atoms with E-state index in [9.17, 15) is 0 Å². The molecule has 3 rings (SSSR count). The monoisotopic (exact) mass is 261 g/mol. The lowest BCUT2D eigenvalue weighted by molar-refractivity contribution is 0.201. The molecule has 0 aromatic carbocycles. The molecule has 102 valence electrons. The SMILES string of the molecule is COCCc1cc2nc(N3CCCC3)cc(N)n2n1. The fraction of sp³-hybridized carbons (Fsp3) is 0.538. The van der Waals surface area contributed by atoms with Crippen LogP contribution in [0.25, 0.3) is 5.65 Å². The fourth-order valence-electron chi connectivity index (χ4n) is 2.47. The first kappa shape index (κ1) is 12.2. The molecular formula is C13H19N5O. The van der Waals surface area contributed by atoms with Crippen LogP contribution in [0.15, 0.2) is 12.1 Å². The van der Waals surface area contributed by atoms with Crippen LogP contribution in [0.4, 0.5) is 11.6 Å². The predicted octanol–water partition coefficient (Wildman–Crippen LogP) is 1.10. The third-order valence-electron chi connectivity index (χ3n) is 3.48. The van der Waals surface area contributed by atoms with Gasteiger partial charge in [-0.2, -0.15) is 9.61 Å². The first-order valence-electron chi connectivity index (χ1n) is 6.67. The highest BCUT2D eigenvalue weighted by Crippen LogP contribution is 2.21. The van der Waals surface area contributed by atoms with E-state index < -0.39 is 0 Å². The Morgan fingerprint density at radius 3 is 2.84 bits per heavy atom. The molecule has 1 aliphatic heterocycles. The van der Waals surface area contributed by atoms with Gasteiger partial charge in [-0.1, -0.05) is 0 Å². The molecular weight excluding hydrogens is 242 g/mol. The van der Waals surface area contributed by atoms with E-state index in [1.54, 1.807) is 11.6 Å². The number of nitrogens with zero attached hydrogens (tertiary/aromatic N) is 4. The van der Waals surface area contributed by atoms with Gasteiger partial charge >= 0.3 is 0 Å². The zero-order valence-electron chi connectivity index (χ0n) is 11.2. The van der Waals surface area contributed by atoms with E-state index in [1.165, 1.54) is 12.8 Å². The molecule has 2 aromatic rings. The molecule has 0 bridgehead atoms. The maximum Gasteiger partial charge on any atom is 0.159 e. The summed E-state index contributed by atoms with van der Waals surface area (Å²) in [7, 11) is 1.69. The van der Waals surface area contributed by atoms with E-state index in [0.717, 1.165) is 36.7 Å². The van der Waals surface area contributed by atoms with Crippen molar-refractivity contribution in [3.63, 3.8) is 0 Å². The minimum absolute atomic E-state index is 0.635. The van der Waals surface area contributed by atoms with E-state index in [-0.39, 0.29) is 0 Å². The van der Waals surface area contributed by atoms with Crippen molar-refractivity contribution in [1.82, 2.24) is 14.6 Å². The molecule has 1 fully saturated rings. The van der Waals surface area contributed by atoms with Gasteiger partial charge in [-0.3, -0.25) is 0 Å². The van der Waals surface area contributed by atoms with Gasteiger partial charge < -0.3 is 15.4 Å². The highest BCUT2D eigenvalue weighted by atomic mass is 16.5. The van der Waals surface area contributed by atoms with Gasteiger partial charge in [0, 0.05) is 38.8 Å². The van der Waals surface area contributed by atoms with Crippen LogP contribution < -0.4 is 10.6 Å². The Labute approximate surface area is 112 Å². The topological polar surface area (TPSA) is 68.7 Å². The molecule has 6 heteroatoms. The number of ether oxygens (including phenoxy) is 1. The Balaban J connectivity index is 1.94. The molecule has 2 aromatic heterocycles. The normalized spacial score (nSPS) is 15.5. The summed E-state index contributed by atoms with van der Waals surface area (Å²) in [6, 6.07) is 3.89. The number of aromatic nitrogens is 3. The smallest absolute Gasteiger partial charge is 0.159 e. The molecule has 1 saturated heterocycles. The van der Waals surface area contributed by atoms with Gasteiger partial charge in [-0.15, -0.1) is 0 Å². The summed E-state index contributed by atoms with van der Waals surface area (Å²) in [5.41, 5.74) is 7.84. The summed E-state index contributed by atoms with van der Waals surface area (Å²) in [4.78, 5) is 6.93. The zero-order valence-corrected chi connectivity index (χ0v) is 11.2. The van der Waals surface area contributed by atoms with Crippen molar-refractivity contribution in [1.29, 1.82) is 0 Å². The molecule has 3 heterocycles. The number of hydrogen-bond donors (Lipinski definition) is 1. The number of anilines is 2. The Hall–Kier alpha value is -1.82. The Kier molecular flexibility index (Phi) is 3.25. The van der Waals surface area contributed by atoms with Gasteiger partial charge in [-0.25, -0.2) is 4.98 Å². The predicted molar refractivity (Wildman–Crippen MR) is 74.4 cm³/mol. The second-order valence-electron chi connectivity index (χ2n) is 4.88. The average Bonchev–Trinajstić information content (AvgIpc) is 3.05. The highest BCUT2D eigenvalue weighted by molar-refractivity contribution is 5.57. The molecule has 19 heavy (non-hydrogen) atoms. The number of fused-ring (bicyclic) bond motifs is 1. The number of nitrogens with two attached hydrogens (primary N) is 1. The number of nitrogen functional groups attached to an aromatic ring is 1. The van der Waals surface area contributed by atoms with Crippen LogP contribution in [0, 0.1) is 0 Å². The van der Waals surface area contributed by atoms with Crippen LogP contribution in [-0.4, -0.2) is 41.4 Å². The fourth-order valence-corrected chi connectivity index (χ4v) is 2.47. The van der Waals surface area contributed by atoms with E-state index in [4.69, 9.17) is 10.5 Å². The zero-order chi connectivity index (χ0) is 13.2. The molecule has 0 spiro atoms. The van der Waals surface area contributed by atoms with E-state index in [2.05, 4.69) is 15.0 Å². The molecule has 0 amide bonds. The van der Waals surface area contributed by atoms with Crippen LogP contribution in [0.1, 0.15) is 18.5 Å². The quantitative estimate of drug-likeness (QED) is 0.892. The van der Waals surface area contributed by atoms with Crippen molar-refractivity contribution < 1.29 is 4.74 Å². The van der Waals surface area contributed by atoms with Gasteiger partial charge in [0.15, 0.2) is 5.65 Å². The van der Waals surface area contributed by atoms with Crippen LogP contribution in [0.2, 0.25) is 0 Å². The largest absolute Gasteiger partial charge is 0.384 e. The molecule has 0 saturated carbocycles. The maximum atomic E-state index is 6.07. The molecule has 2 N–H and O–H groups in total. The van der Waals surface area contributed by atoms with Gasteiger partial charge in [-0.05, 0) is 12.8 Å². The lowest BCUT2D eigenvalue weighted by atomic mass is 10.3. The van der Waals surface area contributed by atoms with E-state index >= 15 is 0 Å². The van der Waals surface area contributed by atoms with Crippen molar-refractivity contribution in [2.75, 3.05) is 37.4 Å². The van der Waals surface area contributed by atoms with Gasteiger partial charge in [0.1, 0.15) is 11.6 Å². The third-order valence-corrected chi connectivity index (χ3v) is 3.48. The third kappa shape index (κ3) is 2.35. The lowest BCUT2D eigenvalue weighted by Gasteiger charge is -2.16. The van der Waals surface area contributed by atoms with Crippen molar-refractivity contribution >= 4 is 17.3 Å². The van der Waals surface area contributed by atoms with Crippen LogP contribution in [-0.2, 0) is 11.2 Å². The standard InChI is InChI=1S/C13H19N5O/c1-19-7-4-10-8-13-15-12(17-5-2-3-6-17)9-11(14)18(13)16-10/h8-9H,2-7,14H2,1H3. The summed E-state index contributed by atoms with van der Waals surface area (Å²) in [5, 5.41) is 4.45. The van der Waals surface area contributed by atoms with Crippen molar-refractivity contribution in [2.24, 2.45) is 0 Å². The van der Waals surface area contributed by atoms with Crippen LogP contribution in [0.3, 0.4) is 0 Å². The number of rotatable bonds is 4.